The highest BCUT2D eigenvalue weighted by Gasteiger charge is 2.06. The summed E-state index contributed by atoms with van der Waals surface area (Å²) >= 11 is 0. The predicted octanol–water partition coefficient (Wildman–Crippen LogP) is 3.29. The van der Waals surface area contributed by atoms with Crippen LogP contribution in [0, 0.1) is 0 Å². The van der Waals surface area contributed by atoms with Crippen LogP contribution in [0.4, 0.5) is 5.69 Å². The fourth-order valence-electron chi connectivity index (χ4n) is 2.89. The smallest absolute Gasteiger partial charge is 0.191 e. The van der Waals surface area contributed by atoms with Crippen molar-refractivity contribution in [2.75, 3.05) is 46.3 Å². The molecule has 0 aliphatic heterocycles. The number of methoxy groups -OCH3 is 2. The number of hydrogen-bond acceptors (Lipinski definition) is 4. The summed E-state index contributed by atoms with van der Waals surface area (Å²) in [7, 11) is 7.23. The molecule has 6 nitrogen and oxygen atoms in total. The van der Waals surface area contributed by atoms with E-state index in [1.165, 1.54) is 5.69 Å². The monoisotopic (exact) mass is 384 g/mol. The second-order valence-electron chi connectivity index (χ2n) is 6.49. The van der Waals surface area contributed by atoms with Crippen LogP contribution in [0.3, 0.4) is 0 Å². The average Bonchev–Trinajstić information content (AvgIpc) is 2.75. The predicted molar refractivity (Wildman–Crippen MR) is 117 cm³/mol. The molecule has 2 aromatic carbocycles. The summed E-state index contributed by atoms with van der Waals surface area (Å²) < 4.78 is 10.7. The van der Waals surface area contributed by atoms with Gasteiger partial charge in [0.15, 0.2) is 5.96 Å². The average molecular weight is 385 g/mol. The third-order valence-corrected chi connectivity index (χ3v) is 4.57. The first-order chi connectivity index (χ1) is 13.7. The first-order valence-corrected chi connectivity index (χ1v) is 9.59. The van der Waals surface area contributed by atoms with Gasteiger partial charge >= 0.3 is 0 Å². The molecule has 0 radical (unpaired) electrons. The van der Waals surface area contributed by atoms with Crippen LogP contribution in [0.1, 0.15) is 18.4 Å². The second kappa shape index (κ2) is 11.7. The molecule has 0 spiro atoms. The Morgan fingerprint density at radius 2 is 1.79 bits per heavy atom. The highest BCUT2D eigenvalue weighted by molar-refractivity contribution is 5.79. The highest BCUT2D eigenvalue weighted by Crippen LogP contribution is 2.24. The number of hydrogen-bond donors (Lipinski definition) is 2. The minimum absolute atomic E-state index is 0.629. The maximum absolute atomic E-state index is 5.44. The van der Waals surface area contributed by atoms with Crippen LogP contribution in [-0.4, -0.2) is 47.4 Å². The summed E-state index contributed by atoms with van der Waals surface area (Å²) in [5.74, 6) is 2.36. The Balaban J connectivity index is 1.70. The molecule has 0 heterocycles. The Hall–Kier alpha value is -2.89. The van der Waals surface area contributed by atoms with Crippen LogP contribution in [0.2, 0.25) is 0 Å². The van der Waals surface area contributed by atoms with E-state index in [0.29, 0.717) is 6.54 Å². The Morgan fingerprint density at radius 3 is 2.46 bits per heavy atom. The van der Waals surface area contributed by atoms with Gasteiger partial charge in [0.2, 0.25) is 0 Å². The van der Waals surface area contributed by atoms with Crippen LogP contribution in [0.15, 0.2) is 53.5 Å². The molecule has 2 N–H and O–H groups in total. The number of anilines is 1. The largest absolute Gasteiger partial charge is 0.497 e. The molecule has 0 saturated carbocycles. The van der Waals surface area contributed by atoms with Crippen molar-refractivity contribution in [1.82, 2.24) is 10.6 Å². The zero-order chi connectivity index (χ0) is 20.2. The summed E-state index contributed by atoms with van der Waals surface area (Å²) in [4.78, 5) is 6.57. The molecule has 0 atom stereocenters. The van der Waals surface area contributed by atoms with Gasteiger partial charge in [-0.15, -0.1) is 0 Å². The SMILES string of the molecule is CN=C(NCCCCN(C)c1ccccc1)NCc1ccc(OC)cc1OC. The van der Waals surface area contributed by atoms with Crippen molar-refractivity contribution >= 4 is 11.6 Å². The fraction of sp³-hybridized carbons (Fsp3) is 0.409. The minimum atomic E-state index is 0.629. The minimum Gasteiger partial charge on any atom is -0.497 e. The molecule has 28 heavy (non-hydrogen) atoms. The molecule has 0 aliphatic carbocycles. The summed E-state index contributed by atoms with van der Waals surface area (Å²) in [6.45, 7) is 2.53. The second-order valence-corrected chi connectivity index (χ2v) is 6.49. The topological polar surface area (TPSA) is 58.1 Å². The van der Waals surface area contributed by atoms with Crippen LogP contribution in [-0.2, 0) is 6.54 Å². The van der Waals surface area contributed by atoms with Gasteiger partial charge in [0.25, 0.3) is 0 Å². The first-order valence-electron chi connectivity index (χ1n) is 9.59. The molecular weight excluding hydrogens is 352 g/mol. The van der Waals surface area contributed by atoms with Crippen molar-refractivity contribution < 1.29 is 9.47 Å². The molecule has 2 rings (SSSR count). The number of ether oxygens (including phenoxy) is 2. The molecule has 0 aliphatic rings. The van der Waals surface area contributed by atoms with E-state index in [-0.39, 0.29) is 0 Å². The van der Waals surface area contributed by atoms with E-state index in [9.17, 15) is 0 Å². The Kier molecular flexibility index (Phi) is 8.98. The molecule has 0 aromatic heterocycles. The van der Waals surface area contributed by atoms with Gasteiger partial charge in [-0.2, -0.15) is 0 Å². The van der Waals surface area contributed by atoms with E-state index in [4.69, 9.17) is 9.47 Å². The van der Waals surface area contributed by atoms with Crippen molar-refractivity contribution in [2.24, 2.45) is 4.99 Å². The number of aliphatic imine (C=N–C) groups is 1. The highest BCUT2D eigenvalue weighted by atomic mass is 16.5. The molecule has 0 unspecified atom stereocenters. The van der Waals surface area contributed by atoms with Gasteiger partial charge in [-0.05, 0) is 37.1 Å². The van der Waals surface area contributed by atoms with Gasteiger partial charge in [0.05, 0.1) is 14.2 Å². The lowest BCUT2D eigenvalue weighted by molar-refractivity contribution is 0.390. The molecule has 0 amide bonds. The summed E-state index contributed by atoms with van der Waals surface area (Å²) in [6.07, 6.45) is 2.19. The van der Waals surface area contributed by atoms with Gasteiger partial charge in [0, 0.05) is 51.0 Å². The van der Waals surface area contributed by atoms with E-state index in [1.807, 2.05) is 24.3 Å². The van der Waals surface area contributed by atoms with E-state index >= 15 is 0 Å². The zero-order valence-corrected chi connectivity index (χ0v) is 17.4. The number of benzene rings is 2. The Labute approximate surface area is 168 Å². The maximum Gasteiger partial charge on any atom is 0.191 e. The third kappa shape index (κ3) is 6.68. The van der Waals surface area contributed by atoms with Crippen LogP contribution in [0.25, 0.3) is 0 Å². The number of unbranched alkanes of at least 4 members (excludes halogenated alkanes) is 1. The van der Waals surface area contributed by atoms with E-state index < -0.39 is 0 Å². The molecule has 0 bridgehead atoms. The van der Waals surface area contributed by atoms with Crippen molar-refractivity contribution in [2.45, 2.75) is 19.4 Å². The number of rotatable bonds is 10. The van der Waals surface area contributed by atoms with Crippen molar-refractivity contribution in [3.05, 3.63) is 54.1 Å². The van der Waals surface area contributed by atoms with E-state index in [1.54, 1.807) is 21.3 Å². The molecular formula is C22H32N4O2. The lowest BCUT2D eigenvalue weighted by Crippen LogP contribution is -2.37. The summed E-state index contributed by atoms with van der Waals surface area (Å²) in [6, 6.07) is 16.3. The van der Waals surface area contributed by atoms with Crippen LogP contribution < -0.4 is 25.0 Å². The quantitative estimate of drug-likeness (QED) is 0.374. The Bertz CT molecular complexity index is 735. The molecule has 0 fully saturated rings. The fourth-order valence-corrected chi connectivity index (χ4v) is 2.89. The molecule has 152 valence electrons. The summed E-state index contributed by atoms with van der Waals surface area (Å²) in [5.41, 5.74) is 2.30. The number of guanidine groups is 1. The van der Waals surface area contributed by atoms with Crippen LogP contribution in [0.5, 0.6) is 11.5 Å². The van der Waals surface area contributed by atoms with Gasteiger partial charge in [-0.1, -0.05) is 18.2 Å². The lowest BCUT2D eigenvalue weighted by atomic mass is 10.2. The van der Waals surface area contributed by atoms with Gasteiger partial charge in [-0.25, -0.2) is 0 Å². The first kappa shape index (κ1) is 21.4. The van der Waals surface area contributed by atoms with Crippen LogP contribution >= 0.6 is 0 Å². The number of nitrogens with one attached hydrogen (secondary N) is 2. The number of para-hydroxylation sites is 1. The van der Waals surface area contributed by atoms with Gasteiger partial charge < -0.3 is 25.0 Å². The van der Waals surface area contributed by atoms with Gasteiger partial charge in [0.1, 0.15) is 11.5 Å². The Morgan fingerprint density at radius 1 is 1.00 bits per heavy atom. The van der Waals surface area contributed by atoms with Gasteiger partial charge in [-0.3, -0.25) is 4.99 Å². The lowest BCUT2D eigenvalue weighted by Gasteiger charge is -2.19. The molecule has 6 heteroatoms. The van der Waals surface area contributed by atoms with E-state index in [2.05, 4.69) is 51.8 Å². The standard InChI is InChI=1S/C22H32N4O2/c1-23-22(25-17-18-12-13-20(27-3)16-21(18)28-4)24-14-8-9-15-26(2)19-10-6-5-7-11-19/h5-7,10-13,16H,8-9,14-15,17H2,1-4H3,(H2,23,24,25). The third-order valence-electron chi connectivity index (χ3n) is 4.57. The number of nitrogens with zero attached hydrogens (tertiary/aromatic N) is 2. The molecule has 0 saturated heterocycles. The normalized spacial score (nSPS) is 11.1. The molecule has 2 aromatic rings. The summed E-state index contributed by atoms with van der Waals surface area (Å²) in [5, 5.41) is 6.70. The van der Waals surface area contributed by atoms with E-state index in [0.717, 1.165) is 49.0 Å². The van der Waals surface area contributed by atoms with Crippen molar-refractivity contribution in [1.29, 1.82) is 0 Å². The maximum atomic E-state index is 5.44. The van der Waals surface area contributed by atoms with Crippen molar-refractivity contribution in [3.63, 3.8) is 0 Å². The van der Waals surface area contributed by atoms with Crippen molar-refractivity contribution in [3.8, 4) is 11.5 Å². The zero-order valence-electron chi connectivity index (χ0n) is 17.4.